The topological polar surface area (TPSA) is 59.8 Å². The van der Waals surface area contributed by atoms with Crippen LogP contribution in [0.25, 0.3) is 0 Å². The van der Waals surface area contributed by atoms with Crippen LogP contribution in [0.15, 0.2) is 35.5 Å². The summed E-state index contributed by atoms with van der Waals surface area (Å²) in [5.41, 5.74) is 1.10. The number of hydrogen-bond acceptors (Lipinski definition) is 4. The summed E-state index contributed by atoms with van der Waals surface area (Å²) in [4.78, 5) is 12.0. The molecule has 1 heterocycles. The van der Waals surface area contributed by atoms with Crippen molar-refractivity contribution in [2.45, 2.75) is 51.4 Å². The average Bonchev–Trinajstić information content (AvgIpc) is 2.95. The summed E-state index contributed by atoms with van der Waals surface area (Å²) in [6.45, 7) is 7.78. The fourth-order valence-corrected chi connectivity index (χ4v) is 3.05. The zero-order chi connectivity index (χ0) is 16.7. The average molecular weight is 332 g/mol. The number of rotatable bonds is 8. The smallest absolute Gasteiger partial charge is 0.230 e. The van der Waals surface area contributed by atoms with Gasteiger partial charge >= 0.3 is 0 Å². The van der Waals surface area contributed by atoms with Crippen LogP contribution in [0.2, 0.25) is 0 Å². The Bertz CT molecular complexity index is 625. The van der Waals surface area contributed by atoms with E-state index >= 15 is 0 Å². The molecule has 5 nitrogen and oxygen atoms in total. The van der Waals surface area contributed by atoms with Crippen LogP contribution in [0.1, 0.15) is 44.5 Å². The maximum absolute atomic E-state index is 12.0. The van der Waals surface area contributed by atoms with Crippen LogP contribution in [0, 0.1) is 0 Å². The van der Waals surface area contributed by atoms with Gasteiger partial charge in [0.1, 0.15) is 5.82 Å². The van der Waals surface area contributed by atoms with Crippen molar-refractivity contribution in [1.29, 1.82) is 0 Å². The fourth-order valence-electron chi connectivity index (χ4n) is 2.25. The Hall–Kier alpha value is -1.82. The third kappa shape index (κ3) is 5.10. The van der Waals surface area contributed by atoms with Crippen molar-refractivity contribution < 1.29 is 4.79 Å². The van der Waals surface area contributed by atoms with Gasteiger partial charge in [-0.3, -0.25) is 4.79 Å². The van der Waals surface area contributed by atoms with E-state index < -0.39 is 0 Å². The lowest BCUT2D eigenvalue weighted by Gasteiger charge is -2.10. The number of carbonyl (C=O) groups excluding carboxylic acids is 1. The van der Waals surface area contributed by atoms with Crippen LogP contribution in [0.3, 0.4) is 0 Å². The second kappa shape index (κ2) is 8.72. The van der Waals surface area contributed by atoms with Gasteiger partial charge in [0.15, 0.2) is 5.16 Å². The Morgan fingerprint density at radius 2 is 2.00 bits per heavy atom. The van der Waals surface area contributed by atoms with Crippen LogP contribution in [-0.4, -0.2) is 26.4 Å². The molecule has 2 aromatic rings. The minimum Gasteiger partial charge on any atom is -0.351 e. The molecule has 1 amide bonds. The number of thioether (sulfide) groups is 1. The Kier molecular flexibility index (Phi) is 6.65. The quantitative estimate of drug-likeness (QED) is 0.754. The highest BCUT2D eigenvalue weighted by Gasteiger charge is 2.15. The highest BCUT2D eigenvalue weighted by Crippen LogP contribution is 2.21. The van der Waals surface area contributed by atoms with Crippen molar-refractivity contribution in [3.8, 4) is 0 Å². The fraction of sp³-hybridized carbons (Fsp3) is 0.471. The minimum absolute atomic E-state index is 0.0102. The monoisotopic (exact) mass is 332 g/mol. The van der Waals surface area contributed by atoms with Crippen LogP contribution >= 0.6 is 11.8 Å². The second-order valence-corrected chi connectivity index (χ2v) is 6.64. The molecule has 6 heteroatoms. The summed E-state index contributed by atoms with van der Waals surface area (Å²) in [7, 11) is 0. The van der Waals surface area contributed by atoms with Gasteiger partial charge < -0.3 is 9.88 Å². The predicted octanol–water partition coefficient (Wildman–Crippen LogP) is 3.22. The molecule has 0 aliphatic heterocycles. The Morgan fingerprint density at radius 1 is 1.26 bits per heavy atom. The molecule has 124 valence electrons. The second-order valence-electron chi connectivity index (χ2n) is 5.70. The van der Waals surface area contributed by atoms with Gasteiger partial charge in [0.25, 0.3) is 0 Å². The van der Waals surface area contributed by atoms with E-state index in [1.54, 1.807) is 0 Å². The lowest BCUT2D eigenvalue weighted by atomic mass is 10.2. The summed E-state index contributed by atoms with van der Waals surface area (Å²) in [6.07, 6.45) is 1.02. The first-order valence-corrected chi connectivity index (χ1v) is 8.97. The standard InChI is InChI=1S/C17H24N4OS/c1-4-10-21-16(13(2)3)19-20-17(21)23-12-15(22)18-11-14-8-6-5-7-9-14/h5-9,13H,4,10-12H2,1-3H3,(H,18,22). The number of aromatic nitrogens is 3. The molecule has 0 aliphatic rings. The van der Waals surface area contributed by atoms with Crippen molar-refractivity contribution in [1.82, 2.24) is 20.1 Å². The van der Waals surface area contributed by atoms with E-state index in [0.29, 0.717) is 18.2 Å². The van der Waals surface area contributed by atoms with E-state index in [-0.39, 0.29) is 5.91 Å². The maximum atomic E-state index is 12.0. The SMILES string of the molecule is CCCn1c(SCC(=O)NCc2ccccc2)nnc1C(C)C. The predicted molar refractivity (Wildman–Crippen MR) is 93.4 cm³/mol. The summed E-state index contributed by atoms with van der Waals surface area (Å²) in [6, 6.07) is 9.91. The molecule has 23 heavy (non-hydrogen) atoms. The maximum Gasteiger partial charge on any atom is 0.230 e. The lowest BCUT2D eigenvalue weighted by molar-refractivity contribution is -0.118. The summed E-state index contributed by atoms with van der Waals surface area (Å²) in [5, 5.41) is 12.3. The Labute approximate surface area is 141 Å². The molecule has 0 bridgehead atoms. The number of benzene rings is 1. The van der Waals surface area contributed by atoms with E-state index in [0.717, 1.165) is 29.5 Å². The van der Waals surface area contributed by atoms with Crippen molar-refractivity contribution in [3.05, 3.63) is 41.7 Å². The van der Waals surface area contributed by atoms with Crippen molar-refractivity contribution >= 4 is 17.7 Å². The normalized spacial score (nSPS) is 11.0. The van der Waals surface area contributed by atoms with Gasteiger partial charge in [-0.05, 0) is 12.0 Å². The molecule has 1 N–H and O–H groups in total. The highest BCUT2D eigenvalue weighted by molar-refractivity contribution is 7.99. The third-order valence-corrected chi connectivity index (χ3v) is 4.34. The van der Waals surface area contributed by atoms with E-state index in [1.165, 1.54) is 11.8 Å². The van der Waals surface area contributed by atoms with Gasteiger partial charge in [0.2, 0.25) is 5.91 Å². The van der Waals surface area contributed by atoms with Crippen LogP contribution in [-0.2, 0) is 17.9 Å². The molecule has 0 fully saturated rings. The van der Waals surface area contributed by atoms with Crippen LogP contribution in [0.4, 0.5) is 0 Å². The molecule has 0 saturated heterocycles. The summed E-state index contributed by atoms with van der Waals surface area (Å²) < 4.78 is 2.12. The number of hydrogen-bond donors (Lipinski definition) is 1. The lowest BCUT2D eigenvalue weighted by Crippen LogP contribution is -2.24. The number of nitrogens with one attached hydrogen (secondary N) is 1. The first kappa shape index (κ1) is 17.5. The molecule has 0 atom stereocenters. The molecule has 1 aromatic heterocycles. The minimum atomic E-state index is 0.0102. The first-order valence-electron chi connectivity index (χ1n) is 7.98. The molecule has 0 unspecified atom stereocenters. The zero-order valence-corrected chi connectivity index (χ0v) is 14.8. The van der Waals surface area contributed by atoms with Gasteiger partial charge in [-0.25, -0.2) is 0 Å². The Morgan fingerprint density at radius 3 is 2.65 bits per heavy atom. The molecule has 2 rings (SSSR count). The molecule has 0 aliphatic carbocycles. The summed E-state index contributed by atoms with van der Waals surface area (Å²) >= 11 is 1.45. The van der Waals surface area contributed by atoms with Crippen molar-refractivity contribution in [2.75, 3.05) is 5.75 Å². The van der Waals surface area contributed by atoms with Gasteiger partial charge in [-0.15, -0.1) is 10.2 Å². The molecular weight excluding hydrogens is 308 g/mol. The van der Waals surface area contributed by atoms with E-state index in [4.69, 9.17) is 0 Å². The van der Waals surface area contributed by atoms with Gasteiger partial charge in [-0.2, -0.15) is 0 Å². The Balaban J connectivity index is 1.88. The van der Waals surface area contributed by atoms with E-state index in [9.17, 15) is 4.79 Å². The number of carbonyl (C=O) groups is 1. The largest absolute Gasteiger partial charge is 0.351 e. The first-order chi connectivity index (χ1) is 11.1. The molecule has 1 aromatic carbocycles. The van der Waals surface area contributed by atoms with Crippen molar-refractivity contribution in [3.63, 3.8) is 0 Å². The molecular formula is C17H24N4OS. The summed E-state index contributed by atoms with van der Waals surface area (Å²) in [5.74, 6) is 1.68. The number of nitrogens with zero attached hydrogens (tertiary/aromatic N) is 3. The van der Waals surface area contributed by atoms with Gasteiger partial charge in [-0.1, -0.05) is 62.9 Å². The van der Waals surface area contributed by atoms with Crippen molar-refractivity contribution in [2.24, 2.45) is 0 Å². The molecule has 0 radical (unpaired) electrons. The van der Waals surface area contributed by atoms with Crippen LogP contribution in [0.5, 0.6) is 0 Å². The van der Waals surface area contributed by atoms with E-state index in [1.807, 2.05) is 30.3 Å². The molecule has 0 spiro atoms. The zero-order valence-electron chi connectivity index (χ0n) is 14.0. The van der Waals surface area contributed by atoms with E-state index in [2.05, 4.69) is 40.9 Å². The van der Waals surface area contributed by atoms with Gasteiger partial charge in [0.05, 0.1) is 5.75 Å². The highest BCUT2D eigenvalue weighted by atomic mass is 32.2. The third-order valence-electron chi connectivity index (χ3n) is 3.37. The van der Waals surface area contributed by atoms with Gasteiger partial charge in [0, 0.05) is 19.0 Å². The molecule has 0 saturated carbocycles. The van der Waals surface area contributed by atoms with Crippen LogP contribution < -0.4 is 5.32 Å². The number of amides is 1.